The summed E-state index contributed by atoms with van der Waals surface area (Å²) < 4.78 is 2.26. The molecular formula is C16H21N3. The van der Waals surface area contributed by atoms with E-state index in [9.17, 15) is 0 Å². The van der Waals surface area contributed by atoms with Crippen molar-refractivity contribution in [1.29, 1.82) is 0 Å². The van der Waals surface area contributed by atoms with Crippen molar-refractivity contribution in [2.75, 3.05) is 0 Å². The summed E-state index contributed by atoms with van der Waals surface area (Å²) in [4.78, 5) is 4.91. The summed E-state index contributed by atoms with van der Waals surface area (Å²) in [5, 5.41) is 0. The van der Waals surface area contributed by atoms with Crippen molar-refractivity contribution in [3.63, 3.8) is 0 Å². The first-order valence-corrected chi connectivity index (χ1v) is 7.33. The van der Waals surface area contributed by atoms with E-state index < -0.39 is 0 Å². The molecule has 2 aromatic rings. The molecule has 1 aromatic heterocycles. The lowest BCUT2D eigenvalue weighted by Gasteiger charge is -2.27. The van der Waals surface area contributed by atoms with Gasteiger partial charge >= 0.3 is 0 Å². The third-order valence-electron chi connectivity index (χ3n) is 5.35. The maximum absolute atomic E-state index is 6.46. The highest BCUT2D eigenvalue weighted by atomic mass is 15.1. The van der Waals surface area contributed by atoms with E-state index >= 15 is 0 Å². The van der Waals surface area contributed by atoms with Crippen LogP contribution in [0.25, 0.3) is 11.0 Å². The van der Waals surface area contributed by atoms with E-state index in [4.69, 9.17) is 10.7 Å². The van der Waals surface area contributed by atoms with Crippen LogP contribution in [0.3, 0.4) is 0 Å². The summed E-state index contributed by atoms with van der Waals surface area (Å²) in [6, 6.07) is 6.83. The molecule has 2 N–H and O–H groups in total. The predicted molar refractivity (Wildman–Crippen MR) is 77.0 cm³/mol. The molecule has 2 saturated carbocycles. The minimum absolute atomic E-state index is 0.315. The van der Waals surface area contributed by atoms with E-state index in [1.165, 1.54) is 36.2 Å². The second kappa shape index (κ2) is 3.83. The van der Waals surface area contributed by atoms with Crippen LogP contribution in [0.5, 0.6) is 0 Å². The Bertz CT molecular complexity index is 641. The van der Waals surface area contributed by atoms with Crippen LogP contribution in [0.15, 0.2) is 18.2 Å². The normalized spacial score (nSPS) is 33.4. The maximum Gasteiger partial charge on any atom is 0.114 e. The molecule has 0 amide bonds. The van der Waals surface area contributed by atoms with Crippen molar-refractivity contribution >= 4 is 11.0 Å². The Morgan fingerprint density at radius 1 is 1.26 bits per heavy atom. The van der Waals surface area contributed by atoms with Gasteiger partial charge in [-0.25, -0.2) is 4.98 Å². The van der Waals surface area contributed by atoms with E-state index in [2.05, 4.69) is 36.7 Å². The molecule has 1 aromatic carbocycles. The third kappa shape index (κ3) is 1.51. The first-order chi connectivity index (χ1) is 9.15. The molecule has 4 atom stereocenters. The highest BCUT2D eigenvalue weighted by Crippen LogP contribution is 2.52. The van der Waals surface area contributed by atoms with Gasteiger partial charge in [0.15, 0.2) is 0 Å². The molecule has 1 heterocycles. The summed E-state index contributed by atoms with van der Waals surface area (Å²) in [5.41, 5.74) is 10.1. The number of benzene rings is 1. The van der Waals surface area contributed by atoms with Gasteiger partial charge in [0.25, 0.3) is 0 Å². The molecule has 100 valence electrons. The molecule has 0 aliphatic heterocycles. The number of nitrogens with zero attached hydrogens (tertiary/aromatic N) is 2. The molecule has 2 aliphatic carbocycles. The van der Waals surface area contributed by atoms with Crippen molar-refractivity contribution in [1.82, 2.24) is 9.55 Å². The van der Waals surface area contributed by atoms with Crippen molar-refractivity contribution in [2.45, 2.75) is 38.1 Å². The van der Waals surface area contributed by atoms with Gasteiger partial charge in [0.1, 0.15) is 5.82 Å². The van der Waals surface area contributed by atoms with Crippen molar-refractivity contribution < 1.29 is 0 Å². The Morgan fingerprint density at radius 2 is 2.05 bits per heavy atom. The molecule has 0 radical (unpaired) electrons. The first-order valence-electron chi connectivity index (χ1n) is 7.33. The Morgan fingerprint density at radius 3 is 2.79 bits per heavy atom. The third-order valence-corrected chi connectivity index (χ3v) is 5.35. The number of imidazole rings is 1. The van der Waals surface area contributed by atoms with E-state index in [1.807, 2.05) is 0 Å². The molecule has 2 fully saturated rings. The van der Waals surface area contributed by atoms with E-state index in [-0.39, 0.29) is 0 Å². The average molecular weight is 255 g/mol. The topological polar surface area (TPSA) is 43.8 Å². The highest BCUT2D eigenvalue weighted by Gasteiger charge is 2.48. The Hall–Kier alpha value is -1.35. The minimum Gasteiger partial charge on any atom is -0.331 e. The summed E-state index contributed by atoms with van der Waals surface area (Å²) in [6.07, 6.45) is 3.98. The zero-order chi connectivity index (χ0) is 13.1. The van der Waals surface area contributed by atoms with E-state index in [1.54, 1.807) is 0 Å². The van der Waals surface area contributed by atoms with Crippen LogP contribution < -0.4 is 5.73 Å². The van der Waals surface area contributed by atoms with Crippen LogP contribution in [-0.2, 0) is 7.05 Å². The van der Waals surface area contributed by atoms with Crippen molar-refractivity contribution in [3.8, 4) is 0 Å². The molecular weight excluding hydrogens is 234 g/mol. The standard InChI is InChI=1S/C16H21N3/c1-9-3-6-13-12(7-9)18-16(19(13)2)14-10-4-5-11(8-10)15(14)17/h3,6-7,10-11,14-15H,4-5,8,17H2,1-2H3. The van der Waals surface area contributed by atoms with Crippen LogP contribution in [0.1, 0.15) is 36.6 Å². The zero-order valence-corrected chi connectivity index (χ0v) is 11.6. The molecule has 3 nitrogen and oxygen atoms in total. The molecule has 3 heteroatoms. The number of fused-ring (bicyclic) bond motifs is 3. The quantitative estimate of drug-likeness (QED) is 0.851. The van der Waals surface area contributed by atoms with Gasteiger partial charge in [-0.05, 0) is 55.7 Å². The van der Waals surface area contributed by atoms with Crippen LogP contribution in [-0.4, -0.2) is 15.6 Å². The van der Waals surface area contributed by atoms with Gasteiger partial charge in [0.05, 0.1) is 11.0 Å². The van der Waals surface area contributed by atoms with Crippen molar-refractivity contribution in [2.24, 2.45) is 24.6 Å². The molecule has 0 spiro atoms. The van der Waals surface area contributed by atoms with Crippen LogP contribution in [0, 0.1) is 18.8 Å². The van der Waals surface area contributed by atoms with E-state index in [0.29, 0.717) is 12.0 Å². The van der Waals surface area contributed by atoms with Gasteiger partial charge in [-0.2, -0.15) is 0 Å². The van der Waals surface area contributed by atoms with Crippen molar-refractivity contribution in [3.05, 3.63) is 29.6 Å². The smallest absolute Gasteiger partial charge is 0.114 e. The fraction of sp³-hybridized carbons (Fsp3) is 0.562. The lowest BCUT2D eigenvalue weighted by atomic mass is 9.84. The van der Waals surface area contributed by atoms with Crippen LogP contribution >= 0.6 is 0 Å². The fourth-order valence-corrected chi connectivity index (χ4v) is 4.35. The van der Waals surface area contributed by atoms with Gasteiger partial charge in [-0.15, -0.1) is 0 Å². The SMILES string of the molecule is Cc1ccc2c(c1)nc(C1C3CCC(C3)C1N)n2C. The van der Waals surface area contributed by atoms with Crippen LogP contribution in [0.4, 0.5) is 0 Å². The average Bonchev–Trinajstić information content (AvgIpc) is 3.04. The maximum atomic E-state index is 6.46. The van der Waals surface area contributed by atoms with Gasteiger partial charge in [0.2, 0.25) is 0 Å². The Balaban J connectivity index is 1.85. The molecule has 2 aliphatic rings. The lowest BCUT2D eigenvalue weighted by Crippen LogP contribution is -2.35. The first kappa shape index (κ1) is 11.5. The molecule has 0 saturated heterocycles. The second-order valence-electron chi connectivity index (χ2n) is 6.46. The summed E-state index contributed by atoms with van der Waals surface area (Å²) in [5.74, 6) is 3.17. The Kier molecular flexibility index (Phi) is 2.31. The molecule has 4 rings (SSSR count). The number of rotatable bonds is 1. The van der Waals surface area contributed by atoms with Gasteiger partial charge in [-0.3, -0.25) is 0 Å². The van der Waals surface area contributed by atoms with Gasteiger partial charge < -0.3 is 10.3 Å². The minimum atomic E-state index is 0.315. The summed E-state index contributed by atoms with van der Waals surface area (Å²) >= 11 is 0. The number of hydrogen-bond donors (Lipinski definition) is 1. The van der Waals surface area contributed by atoms with Gasteiger partial charge in [0, 0.05) is 19.0 Å². The second-order valence-corrected chi connectivity index (χ2v) is 6.46. The molecule has 2 bridgehead atoms. The summed E-state index contributed by atoms with van der Waals surface area (Å²) in [7, 11) is 2.14. The Labute approximate surface area is 113 Å². The number of aryl methyl sites for hydroxylation is 2. The fourth-order valence-electron chi connectivity index (χ4n) is 4.35. The number of nitrogens with two attached hydrogens (primary N) is 1. The van der Waals surface area contributed by atoms with Crippen LogP contribution in [0.2, 0.25) is 0 Å². The largest absolute Gasteiger partial charge is 0.331 e. The van der Waals surface area contributed by atoms with Gasteiger partial charge in [-0.1, -0.05) is 6.07 Å². The predicted octanol–water partition coefficient (Wildman–Crippen LogP) is 2.72. The van der Waals surface area contributed by atoms with E-state index in [0.717, 1.165) is 17.4 Å². The highest BCUT2D eigenvalue weighted by molar-refractivity contribution is 5.77. The summed E-state index contributed by atoms with van der Waals surface area (Å²) in [6.45, 7) is 2.12. The molecule has 4 unspecified atom stereocenters. The number of aromatic nitrogens is 2. The lowest BCUT2D eigenvalue weighted by molar-refractivity contribution is 0.350. The number of hydrogen-bond acceptors (Lipinski definition) is 2. The monoisotopic (exact) mass is 255 g/mol. The zero-order valence-electron chi connectivity index (χ0n) is 11.6. The molecule has 19 heavy (non-hydrogen) atoms.